The van der Waals surface area contributed by atoms with Gasteiger partial charge in [0.1, 0.15) is 0 Å². The first-order chi connectivity index (χ1) is 25.3. The van der Waals surface area contributed by atoms with Crippen LogP contribution in [0.2, 0.25) is 0 Å². The van der Waals surface area contributed by atoms with Gasteiger partial charge in [-0.15, -0.1) is 0 Å². The van der Waals surface area contributed by atoms with Gasteiger partial charge in [0.05, 0.1) is 22.2 Å². The zero-order valence-electron chi connectivity index (χ0n) is 27.5. The van der Waals surface area contributed by atoms with Crippen molar-refractivity contribution in [2.45, 2.75) is 0 Å². The summed E-state index contributed by atoms with van der Waals surface area (Å²) in [4.78, 5) is 20.3. The van der Waals surface area contributed by atoms with Crippen LogP contribution in [0, 0.1) is 0 Å². The lowest BCUT2D eigenvalue weighted by Crippen LogP contribution is -2.00. The number of pyridine rings is 1. The van der Waals surface area contributed by atoms with Gasteiger partial charge in [0.2, 0.25) is 0 Å². The first kappa shape index (κ1) is 29.0. The lowest BCUT2D eigenvalue weighted by Gasteiger charge is -2.15. The highest BCUT2D eigenvalue weighted by molar-refractivity contribution is 6.26. The minimum absolute atomic E-state index is 0.612. The third-order valence-corrected chi connectivity index (χ3v) is 9.61. The largest absolute Gasteiger partial charge is 0.309 e. The van der Waals surface area contributed by atoms with Gasteiger partial charge in [-0.2, -0.15) is 0 Å². The van der Waals surface area contributed by atoms with E-state index in [0.717, 1.165) is 49.9 Å². The molecule has 238 valence electrons. The Morgan fingerprint density at radius 1 is 0.353 bits per heavy atom. The molecule has 0 unspecified atom stereocenters. The van der Waals surface area contributed by atoms with Crippen molar-refractivity contribution < 1.29 is 0 Å². The Bertz CT molecular complexity index is 2840. The fourth-order valence-electron chi connectivity index (χ4n) is 7.30. The molecule has 10 aromatic rings. The maximum atomic E-state index is 5.34. The van der Waals surface area contributed by atoms with E-state index in [9.17, 15) is 0 Å². The number of hydrogen-bond acceptors (Lipinski definition) is 4. The van der Waals surface area contributed by atoms with E-state index >= 15 is 0 Å². The van der Waals surface area contributed by atoms with Crippen molar-refractivity contribution in [2.24, 2.45) is 0 Å². The molecule has 3 aromatic heterocycles. The second-order valence-electron chi connectivity index (χ2n) is 12.7. The maximum Gasteiger partial charge on any atom is 0.164 e. The molecule has 0 aliphatic rings. The van der Waals surface area contributed by atoms with Crippen molar-refractivity contribution in [1.82, 2.24) is 24.5 Å². The van der Waals surface area contributed by atoms with E-state index in [1.54, 1.807) is 0 Å². The third kappa shape index (κ3) is 4.86. The SMILES string of the molecule is c1ccc(-c2nc(-c3ccccc3)nc(-c3cccc(-c4nc5ccccc5c5c4ccc4c6ccccc6n(-c6ccccc6)c45)c3)n2)cc1. The van der Waals surface area contributed by atoms with Crippen LogP contribution in [0.1, 0.15) is 0 Å². The first-order valence-electron chi connectivity index (χ1n) is 17.1. The van der Waals surface area contributed by atoms with Crippen LogP contribution >= 0.6 is 0 Å². The van der Waals surface area contributed by atoms with E-state index in [-0.39, 0.29) is 0 Å². The van der Waals surface area contributed by atoms with Gasteiger partial charge in [-0.3, -0.25) is 0 Å². The predicted molar refractivity (Wildman–Crippen MR) is 209 cm³/mol. The van der Waals surface area contributed by atoms with Crippen LogP contribution in [0.15, 0.2) is 176 Å². The molecule has 3 heterocycles. The van der Waals surface area contributed by atoms with Crippen LogP contribution in [0.4, 0.5) is 0 Å². The van der Waals surface area contributed by atoms with Gasteiger partial charge in [0, 0.05) is 54.9 Å². The standard InChI is InChI=1S/C46H29N5/c1-4-15-30(16-5-1)44-48-45(31-17-6-2-7-18-31)50-46(49-44)33-20-14-19-32(29-33)42-38-28-27-36-35-23-11-13-26-40(35)51(34-21-8-3-9-22-34)43(36)41(38)37-24-10-12-25-39(37)47-42/h1-29H. The molecule has 51 heavy (non-hydrogen) atoms. The van der Waals surface area contributed by atoms with E-state index in [1.807, 2.05) is 60.7 Å². The van der Waals surface area contributed by atoms with Gasteiger partial charge in [0.25, 0.3) is 0 Å². The summed E-state index contributed by atoms with van der Waals surface area (Å²) in [6, 6.07) is 60.9. The molecular weight excluding hydrogens is 623 g/mol. The average molecular weight is 652 g/mol. The summed E-state index contributed by atoms with van der Waals surface area (Å²) in [5, 5.41) is 5.82. The molecule has 0 N–H and O–H groups in total. The van der Waals surface area contributed by atoms with Crippen LogP contribution in [0.25, 0.3) is 94.6 Å². The van der Waals surface area contributed by atoms with E-state index < -0.39 is 0 Å². The molecule has 0 spiro atoms. The number of benzene rings is 7. The van der Waals surface area contributed by atoms with Crippen molar-refractivity contribution in [3.63, 3.8) is 0 Å². The Hall–Kier alpha value is -6.98. The third-order valence-electron chi connectivity index (χ3n) is 9.61. The smallest absolute Gasteiger partial charge is 0.164 e. The zero-order chi connectivity index (χ0) is 33.7. The zero-order valence-corrected chi connectivity index (χ0v) is 27.5. The number of para-hydroxylation sites is 3. The predicted octanol–water partition coefficient (Wildman–Crippen LogP) is 11.3. The fourth-order valence-corrected chi connectivity index (χ4v) is 7.30. The van der Waals surface area contributed by atoms with E-state index in [4.69, 9.17) is 19.9 Å². The quantitative estimate of drug-likeness (QED) is 0.174. The second-order valence-corrected chi connectivity index (χ2v) is 12.7. The molecule has 0 fully saturated rings. The lowest BCUT2D eigenvalue weighted by molar-refractivity contribution is 1.07. The molecule has 0 aliphatic heterocycles. The Morgan fingerprint density at radius 2 is 0.882 bits per heavy atom. The van der Waals surface area contributed by atoms with Crippen molar-refractivity contribution in [3.05, 3.63) is 176 Å². The second kappa shape index (κ2) is 11.9. The van der Waals surface area contributed by atoms with Gasteiger partial charge < -0.3 is 4.57 Å². The molecule has 0 amide bonds. The van der Waals surface area contributed by atoms with Gasteiger partial charge in [-0.25, -0.2) is 19.9 Å². The van der Waals surface area contributed by atoms with Crippen LogP contribution < -0.4 is 0 Å². The molecule has 10 rings (SSSR count). The molecular formula is C46H29N5. The summed E-state index contributed by atoms with van der Waals surface area (Å²) in [6.45, 7) is 0. The molecule has 5 heteroatoms. The summed E-state index contributed by atoms with van der Waals surface area (Å²) < 4.78 is 2.40. The van der Waals surface area contributed by atoms with Gasteiger partial charge in [0.15, 0.2) is 17.5 Å². The summed E-state index contributed by atoms with van der Waals surface area (Å²) in [7, 11) is 0. The van der Waals surface area contributed by atoms with Gasteiger partial charge in [-0.1, -0.05) is 146 Å². The molecule has 0 aliphatic carbocycles. The number of nitrogens with zero attached hydrogens (tertiary/aromatic N) is 5. The number of hydrogen-bond donors (Lipinski definition) is 0. The molecule has 0 bridgehead atoms. The molecule has 0 saturated carbocycles. The monoisotopic (exact) mass is 651 g/mol. The van der Waals surface area contributed by atoms with Gasteiger partial charge in [-0.05, 0) is 30.3 Å². The topological polar surface area (TPSA) is 56.5 Å². The van der Waals surface area contributed by atoms with Crippen molar-refractivity contribution >= 4 is 43.5 Å². The fraction of sp³-hybridized carbons (Fsp3) is 0. The summed E-state index contributed by atoms with van der Waals surface area (Å²) >= 11 is 0. The number of rotatable bonds is 5. The molecule has 5 nitrogen and oxygen atoms in total. The van der Waals surface area contributed by atoms with E-state index in [0.29, 0.717) is 17.5 Å². The Balaban J connectivity index is 1.24. The van der Waals surface area contributed by atoms with Gasteiger partial charge >= 0.3 is 0 Å². The number of fused-ring (bicyclic) bond motifs is 7. The molecule has 0 atom stereocenters. The minimum atomic E-state index is 0.612. The first-order valence-corrected chi connectivity index (χ1v) is 17.1. The highest BCUT2D eigenvalue weighted by atomic mass is 15.0. The average Bonchev–Trinajstić information content (AvgIpc) is 3.56. The highest BCUT2D eigenvalue weighted by Gasteiger charge is 2.20. The Morgan fingerprint density at radius 3 is 1.59 bits per heavy atom. The van der Waals surface area contributed by atoms with Crippen molar-refractivity contribution in [1.29, 1.82) is 0 Å². The van der Waals surface area contributed by atoms with Crippen LogP contribution in [0.5, 0.6) is 0 Å². The normalized spacial score (nSPS) is 11.5. The Kier molecular flexibility index (Phi) is 6.74. The summed E-state index contributed by atoms with van der Waals surface area (Å²) in [5.74, 6) is 1.88. The summed E-state index contributed by atoms with van der Waals surface area (Å²) in [6.07, 6.45) is 0. The molecule has 0 radical (unpaired) electrons. The summed E-state index contributed by atoms with van der Waals surface area (Å²) in [5.41, 5.74) is 9.10. The van der Waals surface area contributed by atoms with Crippen molar-refractivity contribution in [2.75, 3.05) is 0 Å². The highest BCUT2D eigenvalue weighted by Crippen LogP contribution is 2.42. The van der Waals surface area contributed by atoms with Crippen molar-refractivity contribution in [3.8, 4) is 51.1 Å². The van der Waals surface area contributed by atoms with E-state index in [1.165, 1.54) is 27.2 Å². The van der Waals surface area contributed by atoms with E-state index in [2.05, 4.69) is 120 Å². The maximum absolute atomic E-state index is 5.34. The van der Waals surface area contributed by atoms with Crippen LogP contribution in [-0.2, 0) is 0 Å². The van der Waals surface area contributed by atoms with Crippen LogP contribution in [-0.4, -0.2) is 24.5 Å². The molecule has 0 saturated heterocycles. The minimum Gasteiger partial charge on any atom is -0.309 e. The number of aromatic nitrogens is 5. The van der Waals surface area contributed by atoms with Crippen LogP contribution in [0.3, 0.4) is 0 Å². The molecule has 7 aromatic carbocycles. The lowest BCUT2D eigenvalue weighted by atomic mass is 9.96. The Labute approximate surface area is 294 Å².